The van der Waals surface area contributed by atoms with E-state index in [0.29, 0.717) is 34.2 Å². The highest BCUT2D eigenvalue weighted by Crippen LogP contribution is 2.39. The van der Waals surface area contributed by atoms with Crippen LogP contribution < -0.4 is 10.2 Å². The molecule has 1 aromatic heterocycles. The van der Waals surface area contributed by atoms with E-state index in [0.717, 1.165) is 28.7 Å². The van der Waals surface area contributed by atoms with Crippen LogP contribution in [0.3, 0.4) is 0 Å². The Bertz CT molecular complexity index is 1520. The molecule has 1 aliphatic rings. The molecule has 1 aliphatic heterocycles. The number of anilines is 1. The van der Waals surface area contributed by atoms with Gasteiger partial charge in [0.25, 0.3) is 5.89 Å². The van der Waals surface area contributed by atoms with Gasteiger partial charge in [-0.1, -0.05) is 54.5 Å². The number of halogens is 1. The Labute approximate surface area is 215 Å². The fourth-order valence-corrected chi connectivity index (χ4v) is 4.63. The Kier molecular flexibility index (Phi) is 6.38. The lowest BCUT2D eigenvalue weighted by Gasteiger charge is -2.35. The van der Waals surface area contributed by atoms with Gasteiger partial charge in [0.1, 0.15) is 5.82 Å². The number of aryl methyl sites for hydroxylation is 4. The predicted molar refractivity (Wildman–Crippen MR) is 143 cm³/mol. The third kappa shape index (κ3) is 4.53. The quantitative estimate of drug-likeness (QED) is 0.321. The average molecular weight is 497 g/mol. The average Bonchev–Trinajstić information content (AvgIpc) is 3.37. The summed E-state index contributed by atoms with van der Waals surface area (Å²) >= 11 is 0. The van der Waals surface area contributed by atoms with Crippen molar-refractivity contribution in [3.05, 3.63) is 106 Å². The van der Waals surface area contributed by atoms with Crippen molar-refractivity contribution in [2.75, 3.05) is 4.90 Å². The molecular weight excluding hydrogens is 467 g/mol. The minimum Gasteiger partial charge on any atom is -0.334 e. The summed E-state index contributed by atoms with van der Waals surface area (Å²) in [7, 11) is 0. The van der Waals surface area contributed by atoms with E-state index in [-0.39, 0.29) is 11.8 Å². The number of nitrogens with zero attached hydrogens (tertiary/aromatic N) is 3. The van der Waals surface area contributed by atoms with E-state index in [1.807, 2.05) is 57.2 Å². The Morgan fingerprint density at radius 1 is 0.946 bits per heavy atom. The van der Waals surface area contributed by atoms with Crippen molar-refractivity contribution in [2.45, 2.75) is 47.1 Å². The molecule has 0 bridgehead atoms. The van der Waals surface area contributed by atoms with Crippen molar-refractivity contribution >= 4 is 17.3 Å². The van der Waals surface area contributed by atoms with Gasteiger partial charge in [-0.25, -0.2) is 9.18 Å². The summed E-state index contributed by atoms with van der Waals surface area (Å²) < 4.78 is 19.8. The molecule has 37 heavy (non-hydrogen) atoms. The van der Waals surface area contributed by atoms with Crippen LogP contribution in [0.1, 0.15) is 53.6 Å². The highest BCUT2D eigenvalue weighted by molar-refractivity contribution is 6.01. The third-order valence-corrected chi connectivity index (χ3v) is 7.03. The van der Waals surface area contributed by atoms with Crippen LogP contribution >= 0.6 is 0 Å². The first-order valence-corrected chi connectivity index (χ1v) is 12.3. The van der Waals surface area contributed by atoms with Gasteiger partial charge in [-0.2, -0.15) is 4.98 Å². The Morgan fingerprint density at radius 2 is 1.70 bits per heavy atom. The molecule has 4 aromatic rings. The van der Waals surface area contributed by atoms with Crippen molar-refractivity contribution < 1.29 is 13.7 Å². The molecule has 3 aromatic carbocycles. The lowest BCUT2D eigenvalue weighted by molar-refractivity contribution is 0.244. The van der Waals surface area contributed by atoms with Crippen molar-refractivity contribution in [2.24, 2.45) is 0 Å². The van der Waals surface area contributed by atoms with E-state index in [2.05, 4.69) is 23.5 Å². The van der Waals surface area contributed by atoms with E-state index < -0.39 is 6.04 Å². The summed E-state index contributed by atoms with van der Waals surface area (Å²) in [5.41, 5.74) is 7.58. The van der Waals surface area contributed by atoms with E-state index in [1.54, 1.807) is 19.1 Å². The normalized spacial score (nSPS) is 15.8. The van der Waals surface area contributed by atoms with Crippen molar-refractivity contribution in [3.63, 3.8) is 0 Å². The second-order valence-electron chi connectivity index (χ2n) is 9.47. The molecule has 0 fully saturated rings. The fourth-order valence-electron chi connectivity index (χ4n) is 4.63. The molecule has 2 amide bonds. The molecule has 188 valence electrons. The lowest BCUT2D eigenvalue weighted by Crippen LogP contribution is -2.46. The second-order valence-corrected chi connectivity index (χ2v) is 9.47. The zero-order chi connectivity index (χ0) is 26.3. The number of nitrogens with one attached hydrogen (secondary N) is 1. The van der Waals surface area contributed by atoms with Gasteiger partial charge in [0.05, 0.1) is 17.3 Å². The molecule has 2 heterocycles. The first kappa shape index (κ1) is 24.4. The van der Waals surface area contributed by atoms with Gasteiger partial charge in [0, 0.05) is 11.3 Å². The number of allylic oxidation sites excluding steroid dienone is 1. The van der Waals surface area contributed by atoms with E-state index in [4.69, 9.17) is 9.51 Å². The number of carbonyl (C=O) groups is 1. The number of hydrogen-bond donors (Lipinski definition) is 1. The van der Waals surface area contributed by atoms with Crippen LogP contribution in [0.25, 0.3) is 17.0 Å². The predicted octanol–water partition coefficient (Wildman–Crippen LogP) is 7.07. The first-order valence-electron chi connectivity index (χ1n) is 12.3. The highest BCUT2D eigenvalue weighted by Gasteiger charge is 2.36. The molecule has 0 saturated heterocycles. The third-order valence-electron chi connectivity index (χ3n) is 7.03. The van der Waals surface area contributed by atoms with Gasteiger partial charge < -0.3 is 9.84 Å². The molecule has 1 unspecified atom stereocenters. The topological polar surface area (TPSA) is 71.3 Å². The van der Waals surface area contributed by atoms with Crippen LogP contribution in [0.2, 0.25) is 0 Å². The summed E-state index contributed by atoms with van der Waals surface area (Å²) in [6.07, 6.45) is 0.944. The molecule has 0 radical (unpaired) electrons. The van der Waals surface area contributed by atoms with E-state index >= 15 is 0 Å². The summed E-state index contributed by atoms with van der Waals surface area (Å²) in [5, 5.41) is 7.37. The van der Waals surface area contributed by atoms with Crippen molar-refractivity contribution in [3.8, 4) is 11.4 Å². The van der Waals surface area contributed by atoms with Crippen LogP contribution in [-0.4, -0.2) is 16.2 Å². The zero-order valence-electron chi connectivity index (χ0n) is 21.6. The minimum atomic E-state index is -0.500. The molecule has 5 rings (SSSR count). The number of aromatic nitrogens is 2. The summed E-state index contributed by atoms with van der Waals surface area (Å²) in [6.45, 7) is 9.72. The van der Waals surface area contributed by atoms with Crippen LogP contribution in [0.4, 0.5) is 14.9 Å². The van der Waals surface area contributed by atoms with Gasteiger partial charge in [-0.15, -0.1) is 0 Å². The van der Waals surface area contributed by atoms with Crippen molar-refractivity contribution in [1.82, 2.24) is 15.5 Å². The maximum absolute atomic E-state index is 14.0. The van der Waals surface area contributed by atoms with Crippen LogP contribution in [-0.2, 0) is 6.42 Å². The van der Waals surface area contributed by atoms with Crippen LogP contribution in [0, 0.1) is 26.6 Å². The minimum absolute atomic E-state index is 0.314. The van der Waals surface area contributed by atoms with Gasteiger partial charge >= 0.3 is 6.03 Å². The van der Waals surface area contributed by atoms with E-state index in [9.17, 15) is 9.18 Å². The standard InChI is InChI=1S/C30H29FN4O2/c1-6-21-8-11-22(12-9-21)28-33-29(37-34-28)26-20(5)35(24-13-14-25(31)19(4)16-24)30(36)32-27(26)23-10-7-17(2)18(3)15-23/h7-16,27H,6H2,1-5H3,(H,32,36). The fraction of sp³-hybridized carbons (Fsp3) is 0.233. The van der Waals surface area contributed by atoms with Crippen LogP contribution in [0.15, 0.2) is 70.9 Å². The molecular formula is C30H29FN4O2. The Balaban J connectivity index is 1.65. The molecule has 0 aliphatic carbocycles. The monoisotopic (exact) mass is 496 g/mol. The molecule has 7 heteroatoms. The zero-order valence-corrected chi connectivity index (χ0v) is 21.6. The smallest absolute Gasteiger partial charge is 0.326 e. The molecule has 6 nitrogen and oxygen atoms in total. The van der Waals surface area contributed by atoms with Crippen LogP contribution in [0.5, 0.6) is 0 Å². The lowest BCUT2D eigenvalue weighted by atomic mass is 9.92. The Morgan fingerprint density at radius 3 is 2.38 bits per heavy atom. The maximum Gasteiger partial charge on any atom is 0.326 e. The summed E-state index contributed by atoms with van der Waals surface area (Å²) in [6, 6.07) is 17.9. The summed E-state index contributed by atoms with van der Waals surface area (Å²) in [4.78, 5) is 19.7. The molecule has 0 spiro atoms. The number of benzene rings is 3. The number of hydrogen-bond acceptors (Lipinski definition) is 4. The molecule has 0 saturated carbocycles. The second kappa shape index (κ2) is 9.65. The summed E-state index contributed by atoms with van der Waals surface area (Å²) in [5.74, 6) is 0.462. The largest absolute Gasteiger partial charge is 0.334 e. The van der Waals surface area contributed by atoms with Gasteiger partial charge in [0.15, 0.2) is 0 Å². The first-order chi connectivity index (χ1) is 17.8. The number of urea groups is 1. The molecule has 1 N–H and O–H groups in total. The molecule has 1 atom stereocenters. The van der Waals surface area contributed by atoms with E-state index in [1.165, 1.54) is 16.5 Å². The van der Waals surface area contributed by atoms with Crippen molar-refractivity contribution in [1.29, 1.82) is 0 Å². The van der Waals surface area contributed by atoms with Gasteiger partial charge in [-0.05, 0) is 80.1 Å². The number of carbonyl (C=O) groups excluding carboxylic acids is 1. The van der Waals surface area contributed by atoms with Gasteiger partial charge in [0.2, 0.25) is 5.82 Å². The maximum atomic E-state index is 14.0. The Hall–Kier alpha value is -4.26. The number of amides is 2. The number of rotatable bonds is 5. The van der Waals surface area contributed by atoms with Gasteiger partial charge in [-0.3, -0.25) is 4.90 Å². The SMILES string of the molecule is CCc1ccc(-c2noc(C3=C(C)N(c4ccc(F)c(C)c4)C(=O)NC3c3ccc(C)c(C)c3)n2)cc1. The highest BCUT2D eigenvalue weighted by atomic mass is 19.1.